The van der Waals surface area contributed by atoms with Gasteiger partial charge in [0.1, 0.15) is 0 Å². The number of aryl methyl sites for hydroxylation is 1. The number of carbonyl (C=O) groups is 1. The van der Waals surface area contributed by atoms with Gasteiger partial charge in [-0.05, 0) is 37.8 Å². The number of likely N-dealkylation sites (tertiary alicyclic amines) is 1. The highest BCUT2D eigenvalue weighted by molar-refractivity contribution is 5.74. The van der Waals surface area contributed by atoms with E-state index in [-0.39, 0.29) is 6.03 Å². The summed E-state index contributed by atoms with van der Waals surface area (Å²) >= 11 is 0. The van der Waals surface area contributed by atoms with Crippen molar-refractivity contribution in [3.05, 3.63) is 30.1 Å². The van der Waals surface area contributed by atoms with Crippen LogP contribution in [-0.4, -0.2) is 72.8 Å². The Balaban J connectivity index is 1.31. The lowest BCUT2D eigenvalue weighted by Crippen LogP contribution is -2.51. The Bertz CT molecular complexity index is 497. The maximum atomic E-state index is 12.3. The fraction of sp³-hybridized carbons (Fsp3) is 0.667. The van der Waals surface area contributed by atoms with Crippen molar-refractivity contribution in [3.8, 4) is 0 Å². The molecule has 0 saturated carbocycles. The Morgan fingerprint density at radius 2 is 2.00 bits per heavy atom. The number of pyridine rings is 1. The molecule has 0 atom stereocenters. The van der Waals surface area contributed by atoms with E-state index in [0.29, 0.717) is 12.6 Å². The van der Waals surface area contributed by atoms with E-state index in [2.05, 4.69) is 15.2 Å². The zero-order chi connectivity index (χ0) is 16.6. The number of aromatic nitrogens is 1. The van der Waals surface area contributed by atoms with Gasteiger partial charge in [-0.1, -0.05) is 6.07 Å². The Labute approximate surface area is 144 Å². The molecule has 0 aliphatic carbocycles. The van der Waals surface area contributed by atoms with Crippen LogP contribution in [-0.2, 0) is 11.2 Å². The van der Waals surface area contributed by atoms with Crippen LogP contribution in [0.2, 0.25) is 0 Å². The molecule has 2 aliphatic rings. The number of morpholine rings is 1. The zero-order valence-corrected chi connectivity index (χ0v) is 14.3. The molecular weight excluding hydrogens is 304 g/mol. The minimum Gasteiger partial charge on any atom is -0.379 e. The molecule has 6 heteroatoms. The van der Waals surface area contributed by atoms with Crippen LogP contribution in [0.3, 0.4) is 0 Å². The number of nitrogens with zero attached hydrogens (tertiary/aromatic N) is 3. The summed E-state index contributed by atoms with van der Waals surface area (Å²) in [5.74, 6) is 0. The van der Waals surface area contributed by atoms with Crippen molar-refractivity contribution in [3.63, 3.8) is 0 Å². The number of rotatable bonds is 5. The largest absolute Gasteiger partial charge is 0.379 e. The van der Waals surface area contributed by atoms with Gasteiger partial charge >= 0.3 is 6.03 Å². The smallest absolute Gasteiger partial charge is 0.317 e. The van der Waals surface area contributed by atoms with Crippen LogP contribution in [0.1, 0.15) is 25.0 Å². The third kappa shape index (κ3) is 4.92. The summed E-state index contributed by atoms with van der Waals surface area (Å²) in [6.45, 7) is 6.17. The number of urea groups is 1. The van der Waals surface area contributed by atoms with Crippen molar-refractivity contribution < 1.29 is 9.53 Å². The van der Waals surface area contributed by atoms with Crippen LogP contribution < -0.4 is 5.32 Å². The van der Waals surface area contributed by atoms with Gasteiger partial charge < -0.3 is 15.0 Å². The van der Waals surface area contributed by atoms with Crippen molar-refractivity contribution in [1.29, 1.82) is 0 Å². The molecule has 3 heterocycles. The van der Waals surface area contributed by atoms with E-state index in [0.717, 1.165) is 70.8 Å². The molecule has 1 aromatic rings. The Morgan fingerprint density at radius 1 is 1.21 bits per heavy atom. The van der Waals surface area contributed by atoms with Gasteiger partial charge in [0, 0.05) is 50.7 Å². The van der Waals surface area contributed by atoms with E-state index in [9.17, 15) is 4.79 Å². The molecule has 2 fully saturated rings. The first-order valence-corrected chi connectivity index (χ1v) is 9.07. The highest BCUT2D eigenvalue weighted by Crippen LogP contribution is 2.17. The van der Waals surface area contributed by atoms with Gasteiger partial charge in [0.2, 0.25) is 0 Å². The van der Waals surface area contributed by atoms with Crippen LogP contribution in [0.25, 0.3) is 0 Å². The van der Waals surface area contributed by atoms with Gasteiger partial charge in [0.15, 0.2) is 0 Å². The van der Waals surface area contributed by atoms with Gasteiger partial charge in [0.25, 0.3) is 0 Å². The van der Waals surface area contributed by atoms with Gasteiger partial charge in [-0.3, -0.25) is 9.88 Å². The Morgan fingerprint density at radius 3 is 2.71 bits per heavy atom. The number of hydrogen-bond acceptors (Lipinski definition) is 4. The average Bonchev–Trinajstić information content (AvgIpc) is 2.67. The first-order chi connectivity index (χ1) is 11.8. The molecule has 0 unspecified atom stereocenters. The van der Waals surface area contributed by atoms with Gasteiger partial charge in [-0.25, -0.2) is 4.79 Å². The normalized spacial score (nSPS) is 20.1. The lowest BCUT2D eigenvalue weighted by atomic mass is 10.0. The summed E-state index contributed by atoms with van der Waals surface area (Å²) in [5.41, 5.74) is 1.08. The van der Waals surface area contributed by atoms with E-state index < -0.39 is 0 Å². The fourth-order valence-electron chi connectivity index (χ4n) is 3.50. The number of hydrogen-bond donors (Lipinski definition) is 1. The standard InChI is InChI=1S/C18H28N4O2/c23-18(20-9-3-5-16-4-1-2-8-19-16)22-10-6-17(7-11-22)21-12-14-24-15-13-21/h1-2,4,8,17H,3,5-7,9-15H2,(H,20,23). The molecule has 0 radical (unpaired) electrons. The average molecular weight is 332 g/mol. The molecular formula is C18H28N4O2. The van der Waals surface area contributed by atoms with Crippen LogP contribution in [0, 0.1) is 0 Å². The Hall–Kier alpha value is -1.66. The lowest BCUT2D eigenvalue weighted by Gasteiger charge is -2.40. The van der Waals surface area contributed by atoms with Crippen LogP contribution in [0.5, 0.6) is 0 Å². The first-order valence-electron chi connectivity index (χ1n) is 9.07. The SMILES string of the molecule is O=C(NCCCc1ccccn1)N1CCC(N2CCOCC2)CC1. The molecule has 132 valence electrons. The summed E-state index contributed by atoms with van der Waals surface area (Å²) in [6.07, 6.45) is 5.78. The number of carbonyl (C=O) groups excluding carboxylic acids is 1. The topological polar surface area (TPSA) is 57.7 Å². The maximum absolute atomic E-state index is 12.3. The third-order valence-corrected chi connectivity index (χ3v) is 4.93. The van der Waals surface area contributed by atoms with E-state index in [1.807, 2.05) is 29.3 Å². The van der Waals surface area contributed by atoms with Crippen molar-refractivity contribution in [2.24, 2.45) is 0 Å². The van der Waals surface area contributed by atoms with Crippen molar-refractivity contribution >= 4 is 6.03 Å². The molecule has 3 rings (SSSR count). The molecule has 2 saturated heterocycles. The summed E-state index contributed by atoms with van der Waals surface area (Å²) in [5, 5.41) is 3.04. The van der Waals surface area contributed by atoms with Gasteiger partial charge in [-0.2, -0.15) is 0 Å². The molecule has 2 aliphatic heterocycles. The highest BCUT2D eigenvalue weighted by Gasteiger charge is 2.27. The lowest BCUT2D eigenvalue weighted by molar-refractivity contribution is 0.00381. The molecule has 1 aromatic heterocycles. The quantitative estimate of drug-likeness (QED) is 0.831. The summed E-state index contributed by atoms with van der Waals surface area (Å²) in [4.78, 5) is 21.0. The predicted molar refractivity (Wildman–Crippen MR) is 92.9 cm³/mol. The zero-order valence-electron chi connectivity index (χ0n) is 14.3. The molecule has 2 amide bonds. The fourth-order valence-corrected chi connectivity index (χ4v) is 3.50. The van der Waals surface area contributed by atoms with Gasteiger partial charge in [-0.15, -0.1) is 0 Å². The van der Waals surface area contributed by atoms with E-state index in [1.165, 1.54) is 0 Å². The van der Waals surface area contributed by atoms with Crippen molar-refractivity contribution in [2.75, 3.05) is 45.9 Å². The summed E-state index contributed by atoms with van der Waals surface area (Å²) in [7, 11) is 0. The van der Waals surface area contributed by atoms with E-state index in [4.69, 9.17) is 4.74 Å². The monoisotopic (exact) mass is 332 g/mol. The van der Waals surface area contributed by atoms with E-state index in [1.54, 1.807) is 0 Å². The predicted octanol–water partition coefficient (Wildman–Crippen LogP) is 1.52. The summed E-state index contributed by atoms with van der Waals surface area (Å²) < 4.78 is 5.42. The maximum Gasteiger partial charge on any atom is 0.317 e. The second kappa shape index (κ2) is 8.99. The highest BCUT2D eigenvalue weighted by atomic mass is 16.5. The minimum atomic E-state index is 0.0800. The molecule has 1 N–H and O–H groups in total. The Kier molecular flexibility index (Phi) is 6.43. The second-order valence-electron chi connectivity index (χ2n) is 6.52. The second-order valence-corrected chi connectivity index (χ2v) is 6.52. The summed E-state index contributed by atoms with van der Waals surface area (Å²) in [6, 6.07) is 6.64. The van der Waals surface area contributed by atoms with Gasteiger partial charge in [0.05, 0.1) is 13.2 Å². The van der Waals surface area contributed by atoms with Crippen LogP contribution >= 0.6 is 0 Å². The van der Waals surface area contributed by atoms with Crippen LogP contribution in [0.4, 0.5) is 4.79 Å². The molecule has 0 spiro atoms. The number of nitrogens with one attached hydrogen (secondary N) is 1. The molecule has 24 heavy (non-hydrogen) atoms. The van der Waals surface area contributed by atoms with Crippen molar-refractivity contribution in [1.82, 2.24) is 20.1 Å². The third-order valence-electron chi connectivity index (χ3n) is 4.93. The minimum absolute atomic E-state index is 0.0800. The number of amides is 2. The van der Waals surface area contributed by atoms with Crippen molar-refractivity contribution in [2.45, 2.75) is 31.7 Å². The van der Waals surface area contributed by atoms with Crippen LogP contribution in [0.15, 0.2) is 24.4 Å². The first kappa shape index (κ1) is 17.2. The molecule has 0 bridgehead atoms. The molecule has 0 aromatic carbocycles. The number of piperidine rings is 1. The van der Waals surface area contributed by atoms with E-state index >= 15 is 0 Å². The molecule has 6 nitrogen and oxygen atoms in total. The number of ether oxygens (including phenoxy) is 1.